The Kier molecular flexibility index (Phi) is 3.23. The zero-order valence-electron chi connectivity index (χ0n) is 13.4. The lowest BCUT2D eigenvalue weighted by Gasteiger charge is -2.30. The van der Waals surface area contributed by atoms with Gasteiger partial charge >= 0.3 is 0 Å². The molecule has 4 rings (SSSR count). The van der Waals surface area contributed by atoms with Gasteiger partial charge < -0.3 is 5.32 Å². The molecule has 1 aromatic heterocycles. The molecule has 1 aliphatic heterocycles. The number of allylic oxidation sites excluding steroid dienone is 2. The first-order valence-corrected chi connectivity index (χ1v) is 7.77. The maximum atomic E-state index is 13.8. The van der Waals surface area contributed by atoms with Gasteiger partial charge in [0.2, 0.25) is 5.95 Å². The average molecular weight is 321 g/mol. The van der Waals surface area contributed by atoms with Gasteiger partial charge in [0.1, 0.15) is 5.82 Å². The van der Waals surface area contributed by atoms with Crippen molar-refractivity contribution >= 4 is 22.8 Å². The summed E-state index contributed by atoms with van der Waals surface area (Å²) in [5.74, 6) is 0.295. The van der Waals surface area contributed by atoms with Crippen LogP contribution >= 0.6 is 0 Å². The fraction of sp³-hybridized carbons (Fsp3) is 0.158. The standard InChI is InChI=1S/C19H16FN3O/c1-11-17(12(2)24)18(13-6-5-7-14(20)10-13)23-16-9-4-3-8-15(16)22-19(23)21-11/h3-10,18H,1-2H3,(H,21,22)/t18-/m1/s1. The number of carbonyl (C=O) groups excluding carboxylic acids is 1. The van der Waals surface area contributed by atoms with E-state index in [0.29, 0.717) is 11.5 Å². The van der Waals surface area contributed by atoms with E-state index in [-0.39, 0.29) is 11.6 Å². The van der Waals surface area contributed by atoms with Crippen LogP contribution in [0.1, 0.15) is 25.5 Å². The van der Waals surface area contributed by atoms with E-state index in [2.05, 4.69) is 10.3 Å². The quantitative estimate of drug-likeness (QED) is 0.774. The molecule has 0 saturated heterocycles. The highest BCUT2D eigenvalue weighted by atomic mass is 19.1. The molecular weight excluding hydrogens is 305 g/mol. The summed E-state index contributed by atoms with van der Waals surface area (Å²) in [4.78, 5) is 16.9. The Morgan fingerprint density at radius 2 is 2.00 bits per heavy atom. The fourth-order valence-corrected chi connectivity index (χ4v) is 3.41. The minimum atomic E-state index is -0.401. The number of nitrogens with zero attached hydrogens (tertiary/aromatic N) is 2. The molecule has 2 heterocycles. The van der Waals surface area contributed by atoms with Gasteiger partial charge in [0.15, 0.2) is 5.78 Å². The number of benzene rings is 2. The molecule has 4 nitrogen and oxygen atoms in total. The van der Waals surface area contributed by atoms with E-state index in [1.807, 2.05) is 41.8 Å². The molecule has 1 atom stereocenters. The number of Topliss-reactive ketones (excluding diaryl/α,β-unsaturated/α-hetero) is 1. The van der Waals surface area contributed by atoms with Gasteiger partial charge in [-0.05, 0) is 43.7 Å². The lowest BCUT2D eigenvalue weighted by molar-refractivity contribution is -0.114. The molecule has 0 radical (unpaired) electrons. The summed E-state index contributed by atoms with van der Waals surface area (Å²) in [5.41, 5.74) is 3.83. The molecule has 3 aromatic rings. The smallest absolute Gasteiger partial charge is 0.209 e. The van der Waals surface area contributed by atoms with Crippen molar-refractivity contribution in [2.45, 2.75) is 19.9 Å². The van der Waals surface area contributed by atoms with Crippen molar-refractivity contribution in [2.24, 2.45) is 0 Å². The van der Waals surface area contributed by atoms with E-state index in [1.165, 1.54) is 19.1 Å². The van der Waals surface area contributed by atoms with Crippen LogP contribution in [-0.2, 0) is 4.79 Å². The highest BCUT2D eigenvalue weighted by Gasteiger charge is 2.32. The summed E-state index contributed by atoms with van der Waals surface area (Å²) in [7, 11) is 0. The second-order valence-electron chi connectivity index (χ2n) is 5.97. The second kappa shape index (κ2) is 5.30. The van der Waals surface area contributed by atoms with Gasteiger partial charge in [-0.15, -0.1) is 0 Å². The van der Waals surface area contributed by atoms with Gasteiger partial charge in [0.25, 0.3) is 0 Å². The van der Waals surface area contributed by atoms with Crippen LogP contribution in [-0.4, -0.2) is 15.3 Å². The van der Waals surface area contributed by atoms with E-state index in [4.69, 9.17) is 0 Å². The molecule has 0 spiro atoms. The van der Waals surface area contributed by atoms with Crippen LogP contribution in [0, 0.1) is 5.82 Å². The van der Waals surface area contributed by atoms with Crippen molar-refractivity contribution in [1.29, 1.82) is 0 Å². The molecule has 2 aromatic carbocycles. The van der Waals surface area contributed by atoms with Gasteiger partial charge in [-0.3, -0.25) is 9.36 Å². The number of hydrogen-bond donors (Lipinski definition) is 1. The Morgan fingerprint density at radius 1 is 1.21 bits per heavy atom. The van der Waals surface area contributed by atoms with Crippen LogP contribution in [0.5, 0.6) is 0 Å². The fourth-order valence-electron chi connectivity index (χ4n) is 3.41. The maximum absolute atomic E-state index is 13.8. The third-order valence-electron chi connectivity index (χ3n) is 4.37. The molecule has 5 heteroatoms. The molecule has 0 saturated carbocycles. The normalized spacial score (nSPS) is 16.9. The molecule has 24 heavy (non-hydrogen) atoms. The second-order valence-corrected chi connectivity index (χ2v) is 5.97. The molecule has 0 amide bonds. The van der Waals surface area contributed by atoms with Crippen LogP contribution in [0.2, 0.25) is 0 Å². The SMILES string of the molecule is CC(=O)C1=C(C)Nc2nc3ccccc3n2[C@@H]1c1cccc(F)c1. The number of para-hydroxylation sites is 2. The lowest BCUT2D eigenvalue weighted by Crippen LogP contribution is -2.27. The Hall–Kier alpha value is -2.95. The number of carbonyl (C=O) groups is 1. The van der Waals surface area contributed by atoms with Crippen LogP contribution in [0.4, 0.5) is 10.3 Å². The minimum absolute atomic E-state index is 0.0438. The number of rotatable bonds is 2. The minimum Gasteiger partial charge on any atom is -0.329 e. The van der Waals surface area contributed by atoms with Crippen LogP contribution < -0.4 is 5.32 Å². The summed E-state index contributed by atoms with van der Waals surface area (Å²) in [6.45, 7) is 3.39. The third-order valence-corrected chi connectivity index (χ3v) is 4.37. The van der Waals surface area contributed by atoms with E-state index < -0.39 is 6.04 Å². The van der Waals surface area contributed by atoms with Crippen LogP contribution in [0.25, 0.3) is 11.0 Å². The number of anilines is 1. The molecule has 120 valence electrons. The maximum Gasteiger partial charge on any atom is 0.209 e. The number of aromatic nitrogens is 2. The third kappa shape index (κ3) is 2.12. The van der Waals surface area contributed by atoms with E-state index >= 15 is 0 Å². The van der Waals surface area contributed by atoms with Gasteiger partial charge in [-0.25, -0.2) is 9.37 Å². The van der Waals surface area contributed by atoms with Crippen molar-refractivity contribution in [2.75, 3.05) is 5.32 Å². The average Bonchev–Trinajstić information content (AvgIpc) is 2.91. The lowest BCUT2D eigenvalue weighted by atomic mass is 9.92. The number of fused-ring (bicyclic) bond motifs is 3. The molecular formula is C19H16FN3O. The topological polar surface area (TPSA) is 46.9 Å². The summed E-state index contributed by atoms with van der Waals surface area (Å²) >= 11 is 0. The first-order valence-electron chi connectivity index (χ1n) is 7.77. The summed E-state index contributed by atoms with van der Waals surface area (Å²) in [6, 6.07) is 13.7. The number of ketones is 1. The molecule has 1 aliphatic rings. The molecule has 0 unspecified atom stereocenters. The van der Waals surface area contributed by atoms with Gasteiger partial charge in [-0.1, -0.05) is 24.3 Å². The molecule has 1 N–H and O–H groups in total. The summed E-state index contributed by atoms with van der Waals surface area (Å²) < 4.78 is 15.8. The predicted molar refractivity (Wildman–Crippen MR) is 91.3 cm³/mol. The zero-order valence-corrected chi connectivity index (χ0v) is 13.4. The number of halogens is 1. The number of nitrogens with one attached hydrogen (secondary N) is 1. The first kappa shape index (κ1) is 14.6. The molecule has 0 fully saturated rings. The van der Waals surface area contributed by atoms with Gasteiger partial charge in [0, 0.05) is 11.3 Å². The zero-order chi connectivity index (χ0) is 16.8. The molecule has 0 aliphatic carbocycles. The highest BCUT2D eigenvalue weighted by molar-refractivity contribution is 5.97. The van der Waals surface area contributed by atoms with Crippen LogP contribution in [0.3, 0.4) is 0 Å². The van der Waals surface area contributed by atoms with E-state index in [0.717, 1.165) is 22.3 Å². The Balaban J connectivity index is 2.05. The Labute approximate surface area is 138 Å². The summed E-state index contributed by atoms with van der Waals surface area (Å²) in [5, 5.41) is 3.21. The van der Waals surface area contributed by atoms with Gasteiger partial charge in [-0.2, -0.15) is 0 Å². The predicted octanol–water partition coefficient (Wildman–Crippen LogP) is 4.05. The first-order chi connectivity index (χ1) is 11.6. The molecule has 0 bridgehead atoms. The van der Waals surface area contributed by atoms with Crippen LogP contribution in [0.15, 0.2) is 59.8 Å². The van der Waals surface area contributed by atoms with Crippen molar-refractivity contribution in [3.8, 4) is 0 Å². The largest absolute Gasteiger partial charge is 0.329 e. The van der Waals surface area contributed by atoms with Crippen molar-refractivity contribution in [1.82, 2.24) is 9.55 Å². The van der Waals surface area contributed by atoms with Crippen molar-refractivity contribution < 1.29 is 9.18 Å². The van der Waals surface area contributed by atoms with Crippen molar-refractivity contribution in [3.63, 3.8) is 0 Å². The highest BCUT2D eigenvalue weighted by Crippen LogP contribution is 2.39. The Morgan fingerprint density at radius 3 is 2.75 bits per heavy atom. The van der Waals surface area contributed by atoms with Gasteiger partial charge in [0.05, 0.1) is 17.1 Å². The number of hydrogen-bond acceptors (Lipinski definition) is 3. The monoisotopic (exact) mass is 321 g/mol. The Bertz CT molecular complexity index is 1000. The summed E-state index contributed by atoms with van der Waals surface area (Å²) in [6.07, 6.45) is 0. The van der Waals surface area contributed by atoms with E-state index in [1.54, 1.807) is 6.07 Å². The van der Waals surface area contributed by atoms with Crippen molar-refractivity contribution in [3.05, 3.63) is 71.2 Å². The number of imidazole rings is 1. The van der Waals surface area contributed by atoms with E-state index in [9.17, 15) is 9.18 Å².